The van der Waals surface area contributed by atoms with Gasteiger partial charge < -0.3 is 15.5 Å². The van der Waals surface area contributed by atoms with Gasteiger partial charge in [0.05, 0.1) is 6.54 Å². The molecule has 0 saturated heterocycles. The quantitative estimate of drug-likeness (QED) is 0.827. The third-order valence-corrected chi connectivity index (χ3v) is 2.74. The van der Waals surface area contributed by atoms with E-state index in [0.29, 0.717) is 23.6 Å². The summed E-state index contributed by atoms with van der Waals surface area (Å²) in [5.74, 6) is 1.23. The number of carbonyl (C=O) groups is 1. The Labute approximate surface area is 115 Å². The Hall–Kier alpha value is -2.21. The van der Waals surface area contributed by atoms with Crippen molar-refractivity contribution in [1.29, 1.82) is 0 Å². The highest BCUT2D eigenvalue weighted by atomic mass is 32.1. The summed E-state index contributed by atoms with van der Waals surface area (Å²) >= 11 is 4.81. The van der Waals surface area contributed by atoms with Crippen molar-refractivity contribution < 1.29 is 9.21 Å². The van der Waals surface area contributed by atoms with Crippen molar-refractivity contribution in [2.75, 3.05) is 0 Å². The second-order valence-corrected chi connectivity index (χ2v) is 4.43. The van der Waals surface area contributed by atoms with Gasteiger partial charge in [-0.25, -0.2) is 0 Å². The first-order valence-electron chi connectivity index (χ1n) is 5.65. The minimum atomic E-state index is -0.274. The molecule has 2 aromatic heterocycles. The molecule has 1 amide bonds. The van der Waals surface area contributed by atoms with E-state index in [4.69, 9.17) is 22.4 Å². The molecular formula is C13H13N3O2S. The first-order chi connectivity index (χ1) is 9.06. The van der Waals surface area contributed by atoms with Crippen molar-refractivity contribution in [3.8, 4) is 0 Å². The third kappa shape index (κ3) is 3.38. The van der Waals surface area contributed by atoms with E-state index in [2.05, 4.69) is 10.3 Å². The lowest BCUT2D eigenvalue weighted by Crippen LogP contribution is -2.23. The number of hydrogen-bond donors (Lipinski definition) is 2. The Morgan fingerprint density at radius 1 is 1.42 bits per heavy atom. The second-order valence-electron chi connectivity index (χ2n) is 3.99. The molecule has 0 unspecified atom stereocenters. The number of rotatable bonds is 4. The summed E-state index contributed by atoms with van der Waals surface area (Å²) in [4.78, 5) is 16.1. The van der Waals surface area contributed by atoms with Gasteiger partial charge in [-0.05, 0) is 31.2 Å². The smallest absolute Gasteiger partial charge is 0.270 e. The monoisotopic (exact) mass is 275 g/mol. The largest absolute Gasteiger partial charge is 0.465 e. The summed E-state index contributed by atoms with van der Waals surface area (Å²) in [6.07, 6.45) is 1.48. The van der Waals surface area contributed by atoms with Crippen LogP contribution in [0.3, 0.4) is 0 Å². The topological polar surface area (TPSA) is 81.2 Å². The van der Waals surface area contributed by atoms with Crippen LogP contribution in [0.1, 0.15) is 27.6 Å². The van der Waals surface area contributed by atoms with E-state index in [1.54, 1.807) is 12.1 Å². The lowest BCUT2D eigenvalue weighted by Gasteiger charge is -2.03. The van der Waals surface area contributed by atoms with Crippen LogP contribution in [-0.2, 0) is 6.54 Å². The SMILES string of the molecule is Cc1ccc(CNC(=O)c2ccc(C(N)=S)cn2)o1. The van der Waals surface area contributed by atoms with Crippen LogP contribution in [0.4, 0.5) is 0 Å². The highest BCUT2D eigenvalue weighted by molar-refractivity contribution is 7.80. The van der Waals surface area contributed by atoms with E-state index in [1.807, 2.05) is 19.1 Å². The number of pyridine rings is 1. The number of hydrogen-bond acceptors (Lipinski definition) is 4. The van der Waals surface area contributed by atoms with Crippen LogP contribution < -0.4 is 11.1 Å². The summed E-state index contributed by atoms with van der Waals surface area (Å²) in [5.41, 5.74) is 6.40. The fourth-order valence-electron chi connectivity index (χ4n) is 1.51. The van der Waals surface area contributed by atoms with Gasteiger partial charge in [0.2, 0.25) is 0 Å². The van der Waals surface area contributed by atoms with Gasteiger partial charge in [-0.1, -0.05) is 12.2 Å². The molecule has 0 aromatic carbocycles. The van der Waals surface area contributed by atoms with E-state index >= 15 is 0 Å². The van der Waals surface area contributed by atoms with Gasteiger partial charge in [0, 0.05) is 11.8 Å². The van der Waals surface area contributed by atoms with Crippen LogP contribution >= 0.6 is 12.2 Å². The molecule has 0 saturated carbocycles. The van der Waals surface area contributed by atoms with Gasteiger partial charge in [0.25, 0.3) is 5.91 Å². The van der Waals surface area contributed by atoms with E-state index in [1.165, 1.54) is 6.20 Å². The summed E-state index contributed by atoms with van der Waals surface area (Å²) in [7, 11) is 0. The number of nitrogens with two attached hydrogens (primary N) is 1. The van der Waals surface area contributed by atoms with Gasteiger partial charge in [0.15, 0.2) is 0 Å². The van der Waals surface area contributed by atoms with Crippen LogP contribution in [0.15, 0.2) is 34.9 Å². The molecule has 5 nitrogen and oxygen atoms in total. The van der Waals surface area contributed by atoms with Crippen molar-refractivity contribution in [3.05, 3.63) is 53.2 Å². The van der Waals surface area contributed by atoms with Crippen molar-refractivity contribution in [2.45, 2.75) is 13.5 Å². The van der Waals surface area contributed by atoms with Crippen molar-refractivity contribution in [2.24, 2.45) is 5.73 Å². The lowest BCUT2D eigenvalue weighted by molar-refractivity contribution is 0.0943. The summed E-state index contributed by atoms with van der Waals surface area (Å²) in [6, 6.07) is 6.91. The molecule has 6 heteroatoms. The second kappa shape index (κ2) is 5.62. The van der Waals surface area contributed by atoms with Gasteiger partial charge in [0.1, 0.15) is 22.2 Å². The number of nitrogens with zero attached hydrogens (tertiary/aromatic N) is 1. The van der Waals surface area contributed by atoms with Gasteiger partial charge in [-0.3, -0.25) is 9.78 Å². The number of amides is 1. The highest BCUT2D eigenvalue weighted by Crippen LogP contribution is 2.06. The molecule has 0 aliphatic heterocycles. The molecule has 2 rings (SSSR count). The molecule has 0 aliphatic rings. The number of carbonyl (C=O) groups excluding carboxylic acids is 1. The van der Waals surface area contributed by atoms with E-state index in [-0.39, 0.29) is 10.9 Å². The van der Waals surface area contributed by atoms with Crippen LogP contribution in [0, 0.1) is 6.92 Å². The molecule has 0 atom stereocenters. The van der Waals surface area contributed by atoms with Gasteiger partial charge >= 0.3 is 0 Å². The molecule has 0 radical (unpaired) electrons. The number of thiocarbonyl (C=S) groups is 1. The van der Waals surface area contributed by atoms with Crippen molar-refractivity contribution >= 4 is 23.1 Å². The fourth-order valence-corrected chi connectivity index (χ4v) is 1.63. The van der Waals surface area contributed by atoms with Crippen LogP contribution in [0.25, 0.3) is 0 Å². The predicted molar refractivity (Wildman–Crippen MR) is 74.7 cm³/mol. The Balaban J connectivity index is 1.98. The van der Waals surface area contributed by atoms with Crippen molar-refractivity contribution in [3.63, 3.8) is 0 Å². The third-order valence-electron chi connectivity index (χ3n) is 2.50. The number of aryl methyl sites for hydroxylation is 1. The normalized spacial score (nSPS) is 10.2. The summed E-state index contributed by atoms with van der Waals surface area (Å²) in [6.45, 7) is 2.17. The van der Waals surface area contributed by atoms with Crippen LogP contribution in [-0.4, -0.2) is 15.9 Å². The number of nitrogens with one attached hydrogen (secondary N) is 1. The molecule has 0 aliphatic carbocycles. The number of furan rings is 1. The molecule has 2 heterocycles. The van der Waals surface area contributed by atoms with Crippen LogP contribution in [0.2, 0.25) is 0 Å². The zero-order chi connectivity index (χ0) is 13.8. The van der Waals surface area contributed by atoms with E-state index in [0.717, 1.165) is 5.76 Å². The maximum Gasteiger partial charge on any atom is 0.270 e. The number of aromatic nitrogens is 1. The average Bonchev–Trinajstić information content (AvgIpc) is 2.82. The first-order valence-corrected chi connectivity index (χ1v) is 6.06. The minimum absolute atomic E-state index is 0.255. The Kier molecular flexibility index (Phi) is 3.91. The Morgan fingerprint density at radius 3 is 2.74 bits per heavy atom. The van der Waals surface area contributed by atoms with Gasteiger partial charge in [-0.2, -0.15) is 0 Å². The predicted octanol–water partition coefficient (Wildman–Crippen LogP) is 1.55. The molecule has 3 N–H and O–H groups in total. The highest BCUT2D eigenvalue weighted by Gasteiger charge is 2.08. The standard InChI is InChI=1S/C13H13N3O2S/c1-8-2-4-10(18-8)7-16-13(17)11-5-3-9(6-15-11)12(14)19/h2-6H,7H2,1H3,(H2,14,19)(H,16,17). The Morgan fingerprint density at radius 2 is 2.21 bits per heavy atom. The van der Waals surface area contributed by atoms with E-state index in [9.17, 15) is 4.79 Å². The lowest BCUT2D eigenvalue weighted by atomic mass is 10.2. The zero-order valence-electron chi connectivity index (χ0n) is 10.3. The Bertz CT molecular complexity index is 605. The van der Waals surface area contributed by atoms with Crippen LogP contribution in [0.5, 0.6) is 0 Å². The average molecular weight is 275 g/mol. The van der Waals surface area contributed by atoms with Gasteiger partial charge in [-0.15, -0.1) is 0 Å². The maximum absolute atomic E-state index is 11.8. The first kappa shape index (κ1) is 13.2. The van der Waals surface area contributed by atoms with Crippen molar-refractivity contribution in [1.82, 2.24) is 10.3 Å². The molecule has 0 fully saturated rings. The minimum Gasteiger partial charge on any atom is -0.465 e. The molecule has 0 bridgehead atoms. The van der Waals surface area contributed by atoms with E-state index < -0.39 is 0 Å². The summed E-state index contributed by atoms with van der Waals surface area (Å²) < 4.78 is 5.35. The molecule has 98 valence electrons. The fraction of sp³-hybridized carbons (Fsp3) is 0.154. The molecule has 2 aromatic rings. The summed E-state index contributed by atoms with van der Waals surface area (Å²) in [5, 5.41) is 2.72. The maximum atomic E-state index is 11.8. The molecular weight excluding hydrogens is 262 g/mol. The molecule has 0 spiro atoms. The zero-order valence-corrected chi connectivity index (χ0v) is 11.2. The molecule has 19 heavy (non-hydrogen) atoms.